The number of benzene rings is 1. The minimum Gasteiger partial charge on any atom is -0.375 e. The van der Waals surface area contributed by atoms with Gasteiger partial charge in [0.15, 0.2) is 5.96 Å². The summed E-state index contributed by atoms with van der Waals surface area (Å²) < 4.78 is 15.8. The van der Waals surface area contributed by atoms with Gasteiger partial charge in [-0.2, -0.15) is 5.10 Å². The molecule has 6 nitrogen and oxygen atoms in total. The maximum absolute atomic E-state index is 14.0. The van der Waals surface area contributed by atoms with Gasteiger partial charge in [-0.25, -0.2) is 4.39 Å². The Labute approximate surface area is 159 Å². The summed E-state index contributed by atoms with van der Waals surface area (Å²) in [6.07, 6.45) is 1.75. The van der Waals surface area contributed by atoms with Crippen molar-refractivity contribution in [1.82, 2.24) is 20.4 Å². The molecule has 0 aliphatic rings. The molecule has 0 saturated carbocycles. The van der Waals surface area contributed by atoms with Crippen LogP contribution in [0.25, 0.3) is 0 Å². The van der Waals surface area contributed by atoms with E-state index in [1.54, 1.807) is 28.9 Å². The van der Waals surface area contributed by atoms with E-state index in [0.29, 0.717) is 24.7 Å². The second kappa shape index (κ2) is 9.45. The third-order valence-electron chi connectivity index (χ3n) is 3.54. The monoisotopic (exact) mass is 446 g/mol. The summed E-state index contributed by atoms with van der Waals surface area (Å²) in [7, 11) is 7.23. The van der Waals surface area contributed by atoms with Gasteiger partial charge in [0, 0.05) is 40.9 Å². The number of rotatable bonds is 5. The van der Waals surface area contributed by atoms with Crippen LogP contribution in [-0.4, -0.2) is 36.9 Å². The molecule has 0 fully saturated rings. The molecule has 0 amide bonds. The lowest BCUT2D eigenvalue weighted by atomic mass is 10.2. The van der Waals surface area contributed by atoms with Gasteiger partial charge in [-0.3, -0.25) is 9.67 Å². The molecule has 2 aromatic rings. The summed E-state index contributed by atoms with van der Waals surface area (Å²) in [6, 6.07) is 7.16. The van der Waals surface area contributed by atoms with Crippen LogP contribution in [0.5, 0.6) is 0 Å². The van der Waals surface area contributed by atoms with E-state index in [1.807, 2.05) is 33.3 Å². The van der Waals surface area contributed by atoms with E-state index in [2.05, 4.69) is 20.7 Å². The summed E-state index contributed by atoms with van der Waals surface area (Å²) in [4.78, 5) is 5.91. The van der Waals surface area contributed by atoms with Crippen LogP contribution >= 0.6 is 24.0 Å². The van der Waals surface area contributed by atoms with Gasteiger partial charge in [-0.1, -0.05) is 6.07 Å². The summed E-state index contributed by atoms with van der Waals surface area (Å²) in [5.41, 5.74) is 2.48. The summed E-state index contributed by atoms with van der Waals surface area (Å²) in [5.74, 6) is 0.426. The van der Waals surface area contributed by atoms with Crippen LogP contribution < -0.4 is 15.5 Å². The van der Waals surface area contributed by atoms with Crippen LogP contribution in [0.15, 0.2) is 35.5 Å². The van der Waals surface area contributed by atoms with Gasteiger partial charge in [0.05, 0.1) is 17.9 Å². The second-order valence-corrected chi connectivity index (χ2v) is 5.41. The number of hydrogen-bond acceptors (Lipinski definition) is 3. The number of aryl methyl sites for hydroxylation is 1. The number of nitrogens with one attached hydrogen (secondary N) is 2. The first-order chi connectivity index (χ1) is 11.0. The summed E-state index contributed by atoms with van der Waals surface area (Å²) in [5, 5.41) is 10.5. The van der Waals surface area contributed by atoms with Gasteiger partial charge in [0.2, 0.25) is 0 Å². The van der Waals surface area contributed by atoms with Crippen molar-refractivity contribution in [2.75, 3.05) is 26.0 Å². The molecular formula is C16H24FIN6. The lowest BCUT2D eigenvalue weighted by Gasteiger charge is -2.15. The van der Waals surface area contributed by atoms with Crippen LogP contribution in [-0.2, 0) is 20.1 Å². The van der Waals surface area contributed by atoms with Gasteiger partial charge in [-0.05, 0) is 23.8 Å². The van der Waals surface area contributed by atoms with E-state index >= 15 is 0 Å². The molecule has 0 bridgehead atoms. The van der Waals surface area contributed by atoms with Crippen molar-refractivity contribution in [2.45, 2.75) is 13.1 Å². The molecule has 0 unspecified atom stereocenters. The number of hydrogen-bond donors (Lipinski definition) is 2. The molecule has 0 aliphatic heterocycles. The Bertz CT molecular complexity index is 683. The molecule has 24 heavy (non-hydrogen) atoms. The third-order valence-corrected chi connectivity index (χ3v) is 3.54. The van der Waals surface area contributed by atoms with Gasteiger partial charge < -0.3 is 15.5 Å². The zero-order valence-electron chi connectivity index (χ0n) is 14.4. The van der Waals surface area contributed by atoms with Crippen molar-refractivity contribution in [3.63, 3.8) is 0 Å². The number of nitrogens with zero attached hydrogens (tertiary/aromatic N) is 4. The minimum absolute atomic E-state index is 0. The third kappa shape index (κ3) is 5.36. The number of anilines is 1. The highest BCUT2D eigenvalue weighted by molar-refractivity contribution is 14.0. The lowest BCUT2D eigenvalue weighted by molar-refractivity contribution is 0.622. The topological polar surface area (TPSA) is 57.5 Å². The smallest absolute Gasteiger partial charge is 0.191 e. The lowest BCUT2D eigenvalue weighted by Crippen LogP contribution is -2.36. The molecule has 0 atom stereocenters. The first kappa shape index (κ1) is 20.2. The minimum atomic E-state index is -0.230. The Balaban J connectivity index is 0.00000288. The fourth-order valence-corrected chi connectivity index (χ4v) is 2.18. The first-order valence-corrected chi connectivity index (χ1v) is 7.38. The molecule has 2 rings (SSSR count). The predicted molar refractivity (Wildman–Crippen MR) is 106 cm³/mol. The van der Waals surface area contributed by atoms with Gasteiger partial charge in [0.1, 0.15) is 5.82 Å². The van der Waals surface area contributed by atoms with E-state index in [-0.39, 0.29) is 29.8 Å². The Hall–Kier alpha value is -1.84. The Kier molecular flexibility index (Phi) is 7.96. The SMILES string of the molecule is CN=C(NCc1ccc(N(C)C)c(F)c1)NCc1ccnn1C.I. The van der Waals surface area contributed by atoms with Crippen molar-refractivity contribution in [2.24, 2.45) is 12.0 Å². The maximum Gasteiger partial charge on any atom is 0.191 e. The molecule has 1 aromatic heterocycles. The molecule has 2 N–H and O–H groups in total. The van der Waals surface area contributed by atoms with E-state index in [4.69, 9.17) is 0 Å². The van der Waals surface area contributed by atoms with Crippen molar-refractivity contribution < 1.29 is 4.39 Å². The van der Waals surface area contributed by atoms with E-state index < -0.39 is 0 Å². The fraction of sp³-hybridized carbons (Fsp3) is 0.375. The largest absolute Gasteiger partial charge is 0.375 e. The highest BCUT2D eigenvalue weighted by Crippen LogP contribution is 2.18. The molecule has 132 valence electrons. The molecule has 1 heterocycles. The zero-order valence-corrected chi connectivity index (χ0v) is 16.7. The maximum atomic E-state index is 14.0. The van der Waals surface area contributed by atoms with Crippen molar-refractivity contribution >= 4 is 35.6 Å². The molecule has 0 saturated heterocycles. The quantitative estimate of drug-likeness (QED) is 0.420. The van der Waals surface area contributed by atoms with Gasteiger partial charge >= 0.3 is 0 Å². The first-order valence-electron chi connectivity index (χ1n) is 7.38. The highest BCUT2D eigenvalue weighted by atomic mass is 127. The van der Waals surface area contributed by atoms with E-state index in [9.17, 15) is 4.39 Å². The molecular weight excluding hydrogens is 422 g/mol. The normalized spacial score (nSPS) is 11.0. The molecule has 0 spiro atoms. The standard InChI is InChI=1S/C16H23FN6.HI/c1-18-16(20-11-13-7-8-21-23(13)4)19-10-12-5-6-15(22(2)3)14(17)9-12;/h5-9H,10-11H2,1-4H3,(H2,18,19,20);1H. The second-order valence-electron chi connectivity index (χ2n) is 5.41. The molecule has 1 aromatic carbocycles. The average molecular weight is 446 g/mol. The molecule has 0 aliphatic carbocycles. The number of aliphatic imine (C=N–C) groups is 1. The molecule has 8 heteroatoms. The number of aromatic nitrogens is 2. The van der Waals surface area contributed by atoms with E-state index in [0.717, 1.165) is 11.3 Å². The Morgan fingerprint density at radius 1 is 1.25 bits per heavy atom. The van der Waals surface area contributed by atoms with Gasteiger partial charge in [0.25, 0.3) is 0 Å². The van der Waals surface area contributed by atoms with Crippen molar-refractivity contribution in [1.29, 1.82) is 0 Å². The number of guanidine groups is 1. The van der Waals surface area contributed by atoms with E-state index in [1.165, 1.54) is 6.07 Å². The van der Waals surface area contributed by atoms with Crippen LogP contribution in [0.2, 0.25) is 0 Å². The average Bonchev–Trinajstić information content (AvgIpc) is 2.92. The molecule has 0 radical (unpaired) electrons. The van der Waals surface area contributed by atoms with Crippen LogP contribution in [0.4, 0.5) is 10.1 Å². The van der Waals surface area contributed by atoms with Gasteiger partial charge in [-0.15, -0.1) is 24.0 Å². The van der Waals surface area contributed by atoms with Crippen molar-refractivity contribution in [3.05, 3.63) is 47.5 Å². The number of halogens is 2. The Morgan fingerprint density at radius 2 is 1.96 bits per heavy atom. The van der Waals surface area contributed by atoms with Crippen LogP contribution in [0, 0.1) is 5.82 Å². The summed E-state index contributed by atoms with van der Waals surface area (Å²) in [6.45, 7) is 1.11. The van der Waals surface area contributed by atoms with Crippen LogP contribution in [0.3, 0.4) is 0 Å². The summed E-state index contributed by atoms with van der Waals surface area (Å²) >= 11 is 0. The Morgan fingerprint density at radius 3 is 2.50 bits per heavy atom. The fourth-order valence-electron chi connectivity index (χ4n) is 2.18. The van der Waals surface area contributed by atoms with Crippen LogP contribution in [0.1, 0.15) is 11.3 Å². The van der Waals surface area contributed by atoms with Crippen molar-refractivity contribution in [3.8, 4) is 0 Å². The predicted octanol–water partition coefficient (Wildman–Crippen LogP) is 2.11. The highest BCUT2D eigenvalue weighted by Gasteiger charge is 2.06. The zero-order chi connectivity index (χ0) is 16.8.